The van der Waals surface area contributed by atoms with E-state index in [1.165, 1.54) is 15.3 Å². The molecule has 0 spiro atoms. The Morgan fingerprint density at radius 2 is 2.30 bits per heavy atom. The number of carbonyl (C=O) groups is 2. The summed E-state index contributed by atoms with van der Waals surface area (Å²) in [7, 11) is 1.75. The Balaban J connectivity index is 1.98. The molecule has 1 aromatic rings. The van der Waals surface area contributed by atoms with Gasteiger partial charge in [-0.15, -0.1) is 11.3 Å². The highest BCUT2D eigenvalue weighted by Gasteiger charge is 2.32. The van der Waals surface area contributed by atoms with Crippen LogP contribution in [0.4, 0.5) is 0 Å². The topological polar surface area (TPSA) is 49.4 Å². The Kier molecular flexibility index (Phi) is 4.48. The van der Waals surface area contributed by atoms with E-state index < -0.39 is 0 Å². The van der Waals surface area contributed by atoms with Gasteiger partial charge in [0.1, 0.15) is 0 Å². The molecule has 1 aromatic heterocycles. The predicted molar refractivity (Wildman–Crippen MR) is 80.7 cm³/mol. The number of nitrogens with one attached hydrogen (secondary N) is 1. The molecule has 4 nitrogen and oxygen atoms in total. The molecule has 1 aliphatic rings. The monoisotopic (exact) mass is 294 g/mol. The summed E-state index contributed by atoms with van der Waals surface area (Å²) in [4.78, 5) is 27.9. The minimum atomic E-state index is -0.207. The first-order valence-electron chi connectivity index (χ1n) is 7.05. The summed E-state index contributed by atoms with van der Waals surface area (Å²) >= 11 is 1.76. The fourth-order valence-corrected chi connectivity index (χ4v) is 3.67. The highest BCUT2D eigenvalue weighted by Crippen LogP contribution is 2.28. The number of rotatable bonds is 4. The van der Waals surface area contributed by atoms with Crippen LogP contribution in [0.15, 0.2) is 6.07 Å². The number of likely N-dealkylation sites (tertiary alicyclic amines) is 1. The Bertz CT molecular complexity index is 524. The molecule has 110 valence electrons. The smallest absolute Gasteiger partial charge is 0.225 e. The molecule has 2 rings (SSSR count). The normalized spacial score (nSPS) is 20.3. The van der Waals surface area contributed by atoms with Crippen molar-refractivity contribution in [2.75, 3.05) is 13.6 Å². The molecule has 1 fully saturated rings. The molecule has 5 heteroatoms. The van der Waals surface area contributed by atoms with Gasteiger partial charge in [0, 0.05) is 29.8 Å². The SMILES string of the molecule is CCc1sc([C@@H](C)NC(=O)[C@H]2CC(=O)N(C)C2)cc1C. The van der Waals surface area contributed by atoms with Gasteiger partial charge in [-0.1, -0.05) is 6.92 Å². The van der Waals surface area contributed by atoms with E-state index in [4.69, 9.17) is 0 Å². The number of nitrogens with zero attached hydrogens (tertiary/aromatic N) is 1. The third-order valence-electron chi connectivity index (χ3n) is 3.86. The standard InChI is InChI=1S/C15H22N2O2S/c1-5-12-9(2)6-13(20-12)10(3)16-15(19)11-7-14(18)17(4)8-11/h6,10-11H,5,7-8H2,1-4H3,(H,16,19)/t10-,11+/m1/s1. The van der Waals surface area contributed by atoms with Gasteiger partial charge in [0.2, 0.25) is 11.8 Å². The molecule has 1 N–H and O–H groups in total. The molecule has 0 aromatic carbocycles. The molecule has 1 aliphatic heterocycles. The second kappa shape index (κ2) is 5.95. The average Bonchev–Trinajstić information content (AvgIpc) is 2.93. The minimum absolute atomic E-state index is 0.00695. The summed E-state index contributed by atoms with van der Waals surface area (Å²) in [5.74, 6) is -0.168. The summed E-state index contributed by atoms with van der Waals surface area (Å²) in [6.45, 7) is 6.79. The number of amides is 2. The van der Waals surface area contributed by atoms with Crippen LogP contribution >= 0.6 is 11.3 Å². The fraction of sp³-hybridized carbons (Fsp3) is 0.600. The van der Waals surface area contributed by atoms with E-state index in [2.05, 4.69) is 25.2 Å². The number of hydrogen-bond donors (Lipinski definition) is 1. The van der Waals surface area contributed by atoms with Gasteiger partial charge >= 0.3 is 0 Å². The maximum absolute atomic E-state index is 12.2. The van der Waals surface area contributed by atoms with Crippen molar-refractivity contribution >= 4 is 23.2 Å². The van der Waals surface area contributed by atoms with Crippen LogP contribution in [0.1, 0.15) is 41.6 Å². The highest BCUT2D eigenvalue weighted by atomic mass is 32.1. The Labute approximate surface area is 124 Å². The summed E-state index contributed by atoms with van der Waals surface area (Å²) in [6.07, 6.45) is 1.36. The first-order chi connectivity index (χ1) is 9.42. The lowest BCUT2D eigenvalue weighted by molar-refractivity contribution is -0.128. The lowest BCUT2D eigenvalue weighted by Crippen LogP contribution is -2.33. The van der Waals surface area contributed by atoms with Gasteiger partial charge in [-0.2, -0.15) is 0 Å². The molecule has 0 aliphatic carbocycles. The third-order valence-corrected chi connectivity index (χ3v) is 5.42. The van der Waals surface area contributed by atoms with Crippen molar-refractivity contribution in [2.45, 2.75) is 39.7 Å². The van der Waals surface area contributed by atoms with Crippen LogP contribution < -0.4 is 5.32 Å². The van der Waals surface area contributed by atoms with E-state index in [-0.39, 0.29) is 23.8 Å². The fourth-order valence-electron chi connectivity index (χ4n) is 2.55. The van der Waals surface area contributed by atoms with E-state index in [0.717, 1.165) is 6.42 Å². The third kappa shape index (κ3) is 3.03. The number of aryl methyl sites for hydroxylation is 2. The van der Waals surface area contributed by atoms with Crippen molar-refractivity contribution in [3.05, 3.63) is 21.4 Å². The number of hydrogen-bond acceptors (Lipinski definition) is 3. The average molecular weight is 294 g/mol. The largest absolute Gasteiger partial charge is 0.348 e. The van der Waals surface area contributed by atoms with Crippen molar-refractivity contribution < 1.29 is 9.59 Å². The van der Waals surface area contributed by atoms with Gasteiger partial charge in [0.05, 0.1) is 12.0 Å². The lowest BCUT2D eigenvalue weighted by Gasteiger charge is -2.15. The van der Waals surface area contributed by atoms with E-state index >= 15 is 0 Å². The van der Waals surface area contributed by atoms with Crippen LogP contribution in [0.5, 0.6) is 0 Å². The molecule has 0 bridgehead atoms. The molecule has 0 radical (unpaired) electrons. The maximum Gasteiger partial charge on any atom is 0.225 e. The zero-order valence-electron chi connectivity index (χ0n) is 12.5. The van der Waals surface area contributed by atoms with Gasteiger partial charge in [0.25, 0.3) is 0 Å². The van der Waals surface area contributed by atoms with Crippen molar-refractivity contribution in [3.8, 4) is 0 Å². The van der Waals surface area contributed by atoms with Gasteiger partial charge in [-0.25, -0.2) is 0 Å². The summed E-state index contributed by atoms with van der Waals surface area (Å²) < 4.78 is 0. The van der Waals surface area contributed by atoms with Crippen LogP contribution in [0, 0.1) is 12.8 Å². The highest BCUT2D eigenvalue weighted by molar-refractivity contribution is 7.12. The molecule has 0 unspecified atom stereocenters. The van der Waals surface area contributed by atoms with Gasteiger partial charge in [0.15, 0.2) is 0 Å². The quantitative estimate of drug-likeness (QED) is 0.926. The summed E-state index contributed by atoms with van der Waals surface area (Å²) in [5, 5.41) is 3.04. The molecule has 2 amide bonds. The number of carbonyl (C=O) groups excluding carboxylic acids is 2. The second-order valence-corrected chi connectivity index (χ2v) is 6.68. The van der Waals surface area contributed by atoms with Crippen LogP contribution in [0.3, 0.4) is 0 Å². The van der Waals surface area contributed by atoms with E-state index in [1.807, 2.05) is 6.92 Å². The minimum Gasteiger partial charge on any atom is -0.348 e. The summed E-state index contributed by atoms with van der Waals surface area (Å²) in [5.41, 5.74) is 1.30. The second-order valence-electron chi connectivity index (χ2n) is 5.51. The van der Waals surface area contributed by atoms with Crippen LogP contribution in [-0.2, 0) is 16.0 Å². The predicted octanol–water partition coefficient (Wildman–Crippen LogP) is 2.27. The molecular weight excluding hydrogens is 272 g/mol. The molecule has 2 atom stereocenters. The van der Waals surface area contributed by atoms with Gasteiger partial charge < -0.3 is 10.2 Å². The zero-order chi connectivity index (χ0) is 14.9. The molecular formula is C15H22N2O2S. The van der Waals surface area contributed by atoms with Crippen LogP contribution in [0.25, 0.3) is 0 Å². The Hall–Kier alpha value is -1.36. The van der Waals surface area contributed by atoms with Crippen LogP contribution in [0.2, 0.25) is 0 Å². The van der Waals surface area contributed by atoms with E-state index in [0.29, 0.717) is 13.0 Å². The number of thiophene rings is 1. The van der Waals surface area contributed by atoms with E-state index in [9.17, 15) is 9.59 Å². The lowest BCUT2D eigenvalue weighted by atomic mass is 10.1. The van der Waals surface area contributed by atoms with Crippen molar-refractivity contribution in [2.24, 2.45) is 5.92 Å². The van der Waals surface area contributed by atoms with Gasteiger partial charge in [-0.05, 0) is 31.9 Å². The van der Waals surface area contributed by atoms with Gasteiger partial charge in [-0.3, -0.25) is 9.59 Å². The van der Waals surface area contributed by atoms with E-state index in [1.54, 1.807) is 23.3 Å². The first kappa shape index (κ1) is 15.0. The van der Waals surface area contributed by atoms with Crippen molar-refractivity contribution in [1.82, 2.24) is 10.2 Å². The van der Waals surface area contributed by atoms with Crippen LogP contribution in [-0.4, -0.2) is 30.3 Å². The van der Waals surface area contributed by atoms with Crippen molar-refractivity contribution in [3.63, 3.8) is 0 Å². The zero-order valence-corrected chi connectivity index (χ0v) is 13.3. The molecule has 1 saturated heterocycles. The maximum atomic E-state index is 12.2. The molecule has 20 heavy (non-hydrogen) atoms. The first-order valence-corrected chi connectivity index (χ1v) is 7.87. The molecule has 0 saturated carbocycles. The Morgan fingerprint density at radius 3 is 2.80 bits per heavy atom. The van der Waals surface area contributed by atoms with Crippen molar-refractivity contribution in [1.29, 1.82) is 0 Å². The Morgan fingerprint density at radius 1 is 1.60 bits per heavy atom. The molecule has 2 heterocycles. The summed E-state index contributed by atoms with van der Waals surface area (Å²) in [6, 6.07) is 2.16.